The van der Waals surface area contributed by atoms with Crippen LogP contribution in [0.3, 0.4) is 0 Å². The second-order valence-electron chi connectivity index (χ2n) is 15.8. The molecule has 0 aliphatic rings. The molecule has 0 unspecified atom stereocenters. The molecule has 12 rings (SSSR count). The van der Waals surface area contributed by atoms with Gasteiger partial charge in [-0.1, -0.05) is 146 Å². The summed E-state index contributed by atoms with van der Waals surface area (Å²) in [6.07, 6.45) is 0. The first-order valence-electron chi connectivity index (χ1n) is 20.8. The number of aromatic nitrogens is 1. The molecule has 10 aromatic carbocycles. The topological polar surface area (TPSA) is 21.3 Å². The Bertz CT molecular complexity index is 3560. The van der Waals surface area contributed by atoms with E-state index in [1.165, 1.54) is 54.8 Å². The van der Waals surface area contributed by atoms with Crippen molar-refractivity contribution >= 4 is 71.6 Å². The maximum absolute atomic E-state index is 6.12. The van der Waals surface area contributed by atoms with Gasteiger partial charge in [-0.15, -0.1) is 0 Å². The largest absolute Gasteiger partial charge is 0.456 e. The lowest BCUT2D eigenvalue weighted by Gasteiger charge is -2.26. The molecule has 3 heteroatoms. The van der Waals surface area contributed by atoms with Crippen molar-refractivity contribution in [3.8, 4) is 39.1 Å². The van der Waals surface area contributed by atoms with Crippen LogP contribution in [0.15, 0.2) is 235 Å². The second kappa shape index (κ2) is 14.3. The van der Waals surface area contributed by atoms with Gasteiger partial charge in [-0.2, -0.15) is 0 Å². The predicted octanol–water partition coefficient (Wildman–Crippen LogP) is 16.3. The predicted molar refractivity (Wildman–Crippen MR) is 257 cm³/mol. The van der Waals surface area contributed by atoms with Crippen LogP contribution in [-0.4, -0.2) is 4.57 Å². The zero-order valence-electron chi connectivity index (χ0n) is 33.2. The van der Waals surface area contributed by atoms with E-state index in [0.717, 1.165) is 55.8 Å². The van der Waals surface area contributed by atoms with Crippen LogP contribution in [0.2, 0.25) is 0 Å². The van der Waals surface area contributed by atoms with Gasteiger partial charge in [0.25, 0.3) is 0 Å². The Balaban J connectivity index is 0.907. The van der Waals surface area contributed by atoms with Gasteiger partial charge in [0.1, 0.15) is 11.2 Å². The molecular formula is C58H38N2O. The highest BCUT2D eigenvalue weighted by molar-refractivity contribution is 6.10. The number of benzene rings is 10. The van der Waals surface area contributed by atoms with Gasteiger partial charge in [0.15, 0.2) is 0 Å². The van der Waals surface area contributed by atoms with E-state index in [1.807, 2.05) is 12.1 Å². The molecule has 0 aliphatic heterocycles. The highest BCUT2D eigenvalue weighted by Gasteiger charge is 2.17. The van der Waals surface area contributed by atoms with Crippen LogP contribution in [0.4, 0.5) is 17.1 Å². The lowest BCUT2D eigenvalue weighted by molar-refractivity contribution is 0.669. The Morgan fingerprint density at radius 1 is 0.295 bits per heavy atom. The molecule has 0 radical (unpaired) electrons. The lowest BCUT2D eigenvalue weighted by Crippen LogP contribution is -2.09. The number of para-hydroxylation sites is 2. The van der Waals surface area contributed by atoms with Crippen molar-refractivity contribution in [2.75, 3.05) is 4.90 Å². The number of anilines is 3. The van der Waals surface area contributed by atoms with Crippen LogP contribution >= 0.6 is 0 Å². The smallest absolute Gasteiger partial charge is 0.135 e. The minimum Gasteiger partial charge on any atom is -0.456 e. The van der Waals surface area contributed by atoms with Crippen molar-refractivity contribution in [2.45, 2.75) is 0 Å². The van der Waals surface area contributed by atoms with Crippen LogP contribution in [0.1, 0.15) is 0 Å². The van der Waals surface area contributed by atoms with Gasteiger partial charge in [-0.3, -0.25) is 0 Å². The number of hydrogen-bond acceptors (Lipinski definition) is 2. The van der Waals surface area contributed by atoms with Gasteiger partial charge < -0.3 is 13.9 Å². The molecule has 2 heterocycles. The van der Waals surface area contributed by atoms with Crippen molar-refractivity contribution in [1.82, 2.24) is 4.57 Å². The highest BCUT2D eigenvalue weighted by Crippen LogP contribution is 2.40. The van der Waals surface area contributed by atoms with Gasteiger partial charge in [0.05, 0.1) is 11.0 Å². The van der Waals surface area contributed by atoms with Gasteiger partial charge >= 0.3 is 0 Å². The number of fused-ring (bicyclic) bond motifs is 7. The van der Waals surface area contributed by atoms with E-state index in [-0.39, 0.29) is 0 Å². The van der Waals surface area contributed by atoms with Gasteiger partial charge in [0, 0.05) is 44.3 Å². The first kappa shape index (κ1) is 34.9. The van der Waals surface area contributed by atoms with Gasteiger partial charge in [-0.25, -0.2) is 0 Å². The summed E-state index contributed by atoms with van der Waals surface area (Å²) in [6.45, 7) is 0. The third kappa shape index (κ3) is 6.06. The van der Waals surface area contributed by atoms with E-state index in [1.54, 1.807) is 0 Å². The zero-order chi connectivity index (χ0) is 40.3. The molecule has 0 saturated carbocycles. The van der Waals surface area contributed by atoms with Gasteiger partial charge in [0.2, 0.25) is 0 Å². The monoisotopic (exact) mass is 778 g/mol. The van der Waals surface area contributed by atoms with E-state index < -0.39 is 0 Å². The Morgan fingerprint density at radius 3 is 1.56 bits per heavy atom. The standard InChI is InChI=1S/C58H38N2O/c1-2-10-39(11-3-1)41-18-31-49(32-19-41)60-55-16-8-6-14-51(55)53-37-45(25-34-56(53)60)42-20-27-47(28-21-42)59(50-33-24-40-12-4-5-13-44(40)36-50)48-29-22-43(23-30-48)46-26-35-58-54(38-46)52-15-7-9-17-57(52)61-58/h1-38H. The Morgan fingerprint density at radius 2 is 0.803 bits per heavy atom. The molecule has 61 heavy (non-hydrogen) atoms. The zero-order valence-corrected chi connectivity index (χ0v) is 33.2. The summed E-state index contributed by atoms with van der Waals surface area (Å²) in [4.78, 5) is 2.35. The van der Waals surface area contributed by atoms with Crippen molar-refractivity contribution in [1.29, 1.82) is 0 Å². The van der Waals surface area contributed by atoms with Crippen molar-refractivity contribution in [2.24, 2.45) is 0 Å². The lowest BCUT2D eigenvalue weighted by atomic mass is 10.0. The summed E-state index contributed by atoms with van der Waals surface area (Å²) in [6, 6.07) is 83.0. The van der Waals surface area contributed by atoms with Crippen molar-refractivity contribution in [3.05, 3.63) is 231 Å². The molecule has 0 saturated heterocycles. The minimum atomic E-state index is 0.907. The van der Waals surface area contributed by atoms with Crippen LogP contribution < -0.4 is 4.90 Å². The Labute approximate surface area is 353 Å². The average Bonchev–Trinajstić information content (AvgIpc) is 3.87. The van der Waals surface area contributed by atoms with Crippen molar-refractivity contribution < 1.29 is 4.42 Å². The normalized spacial score (nSPS) is 11.6. The molecule has 0 aliphatic carbocycles. The van der Waals surface area contributed by atoms with E-state index >= 15 is 0 Å². The van der Waals surface area contributed by atoms with E-state index in [2.05, 4.69) is 228 Å². The quantitative estimate of drug-likeness (QED) is 0.161. The second-order valence-corrected chi connectivity index (χ2v) is 15.8. The van der Waals surface area contributed by atoms with E-state index in [9.17, 15) is 0 Å². The number of hydrogen-bond donors (Lipinski definition) is 0. The number of rotatable bonds is 7. The third-order valence-electron chi connectivity index (χ3n) is 12.2. The van der Waals surface area contributed by atoms with E-state index in [0.29, 0.717) is 0 Å². The van der Waals surface area contributed by atoms with Crippen LogP contribution in [-0.2, 0) is 0 Å². The fourth-order valence-corrected chi connectivity index (χ4v) is 9.14. The summed E-state index contributed by atoms with van der Waals surface area (Å²) in [5.74, 6) is 0. The highest BCUT2D eigenvalue weighted by atomic mass is 16.3. The van der Waals surface area contributed by atoms with Crippen molar-refractivity contribution in [3.63, 3.8) is 0 Å². The summed E-state index contributed by atoms with van der Waals surface area (Å²) in [7, 11) is 0. The third-order valence-corrected chi connectivity index (χ3v) is 12.2. The molecule has 3 nitrogen and oxygen atoms in total. The molecule has 0 spiro atoms. The Hall–Kier alpha value is -8.14. The molecule has 0 bridgehead atoms. The maximum atomic E-state index is 6.12. The van der Waals surface area contributed by atoms with Crippen LogP contribution in [0, 0.1) is 0 Å². The first-order valence-corrected chi connectivity index (χ1v) is 20.8. The summed E-state index contributed by atoms with van der Waals surface area (Å²) >= 11 is 0. The minimum absolute atomic E-state index is 0.907. The average molecular weight is 779 g/mol. The number of nitrogens with zero attached hydrogens (tertiary/aromatic N) is 2. The maximum Gasteiger partial charge on any atom is 0.135 e. The van der Waals surface area contributed by atoms with Crippen LogP contribution in [0.5, 0.6) is 0 Å². The molecule has 0 N–H and O–H groups in total. The molecule has 0 fully saturated rings. The van der Waals surface area contributed by atoms with Gasteiger partial charge in [-0.05, 0) is 129 Å². The first-order chi connectivity index (χ1) is 30.2. The fourth-order valence-electron chi connectivity index (χ4n) is 9.14. The number of furan rings is 1. The summed E-state index contributed by atoms with van der Waals surface area (Å²) < 4.78 is 8.51. The fraction of sp³-hybridized carbons (Fsp3) is 0. The molecule has 2 aromatic heterocycles. The molecule has 0 atom stereocenters. The molecule has 12 aromatic rings. The molecule has 286 valence electrons. The molecule has 0 amide bonds. The van der Waals surface area contributed by atoms with E-state index in [4.69, 9.17) is 4.42 Å². The SMILES string of the molecule is c1ccc(-c2ccc(-n3c4ccccc4c4cc(-c5ccc(N(c6ccc(-c7ccc8oc9ccccc9c8c7)cc6)c6ccc7ccccc7c6)cc5)ccc43)cc2)cc1. The summed E-state index contributed by atoms with van der Waals surface area (Å²) in [5, 5.41) is 7.18. The Kier molecular flexibility index (Phi) is 8.17. The summed E-state index contributed by atoms with van der Waals surface area (Å²) in [5.41, 5.74) is 15.8. The van der Waals surface area contributed by atoms with Crippen LogP contribution in [0.25, 0.3) is 93.6 Å². The molecular weight excluding hydrogens is 741 g/mol.